The van der Waals surface area contributed by atoms with E-state index in [0.717, 1.165) is 6.42 Å². The molecule has 2 rings (SSSR count). The molecule has 0 spiro atoms. The van der Waals surface area contributed by atoms with Crippen LogP contribution in [0.3, 0.4) is 0 Å². The SMILES string of the molecule is C1=CNc2ccccc2C1.[HH]. The highest BCUT2D eigenvalue weighted by atomic mass is 14.8. The minimum Gasteiger partial charge on any atom is -0.362 e. The lowest BCUT2D eigenvalue weighted by Gasteiger charge is -2.10. The smallest absolute Gasteiger partial charge is 0.0415 e. The number of para-hydroxylation sites is 1. The second-order valence-electron chi connectivity index (χ2n) is 2.41. The van der Waals surface area contributed by atoms with Gasteiger partial charge in [0.2, 0.25) is 0 Å². The van der Waals surface area contributed by atoms with Crippen molar-refractivity contribution in [3.05, 3.63) is 42.1 Å². The van der Waals surface area contributed by atoms with E-state index in [-0.39, 0.29) is 1.43 Å². The lowest BCUT2D eigenvalue weighted by Crippen LogP contribution is -1.98. The van der Waals surface area contributed by atoms with Crippen LogP contribution < -0.4 is 5.32 Å². The summed E-state index contributed by atoms with van der Waals surface area (Å²) in [5.41, 5.74) is 2.62. The van der Waals surface area contributed by atoms with Crippen molar-refractivity contribution in [3.8, 4) is 0 Å². The van der Waals surface area contributed by atoms with Crippen molar-refractivity contribution < 1.29 is 1.43 Å². The second kappa shape index (κ2) is 2.18. The number of hydrogen-bond acceptors (Lipinski definition) is 1. The van der Waals surface area contributed by atoms with Gasteiger partial charge in [-0.1, -0.05) is 24.3 Å². The summed E-state index contributed by atoms with van der Waals surface area (Å²) in [5.74, 6) is 0. The fraction of sp³-hybridized carbons (Fsp3) is 0.111. The first-order chi connectivity index (χ1) is 4.97. The van der Waals surface area contributed by atoms with Crippen LogP contribution in [0.5, 0.6) is 0 Å². The van der Waals surface area contributed by atoms with Crippen LogP contribution in [0.25, 0.3) is 0 Å². The van der Waals surface area contributed by atoms with Gasteiger partial charge >= 0.3 is 0 Å². The molecule has 0 saturated carbocycles. The van der Waals surface area contributed by atoms with E-state index in [2.05, 4.69) is 29.6 Å². The van der Waals surface area contributed by atoms with Gasteiger partial charge in [-0.2, -0.15) is 0 Å². The first-order valence-electron chi connectivity index (χ1n) is 3.46. The molecule has 1 aromatic rings. The van der Waals surface area contributed by atoms with Crippen molar-refractivity contribution in [2.45, 2.75) is 6.42 Å². The second-order valence-corrected chi connectivity index (χ2v) is 2.41. The number of nitrogens with one attached hydrogen (secondary N) is 1. The van der Waals surface area contributed by atoms with Crippen LogP contribution in [0.15, 0.2) is 36.5 Å². The zero-order valence-corrected chi connectivity index (χ0v) is 5.67. The average molecular weight is 133 g/mol. The van der Waals surface area contributed by atoms with Gasteiger partial charge in [0, 0.05) is 7.11 Å². The molecule has 0 radical (unpaired) electrons. The van der Waals surface area contributed by atoms with E-state index in [1.807, 2.05) is 12.3 Å². The normalized spacial score (nSPS) is 14.0. The molecule has 0 bridgehead atoms. The summed E-state index contributed by atoms with van der Waals surface area (Å²) in [4.78, 5) is 0. The third-order valence-electron chi connectivity index (χ3n) is 1.71. The first kappa shape index (κ1) is 5.54. The van der Waals surface area contributed by atoms with E-state index in [1.165, 1.54) is 11.3 Å². The Kier molecular flexibility index (Phi) is 1.21. The van der Waals surface area contributed by atoms with E-state index < -0.39 is 0 Å². The summed E-state index contributed by atoms with van der Waals surface area (Å²) in [6, 6.07) is 8.36. The standard InChI is InChI=1S/C9H9N.H2/c1-2-6-9-8(4-1)5-3-7-10-9;/h1-4,6-7,10H,5H2;1H. The summed E-state index contributed by atoms with van der Waals surface area (Å²) in [5, 5.41) is 3.18. The molecule has 0 unspecified atom stereocenters. The fourth-order valence-electron chi connectivity index (χ4n) is 1.17. The lowest BCUT2D eigenvalue weighted by atomic mass is 10.1. The van der Waals surface area contributed by atoms with Crippen LogP contribution in [-0.4, -0.2) is 0 Å². The van der Waals surface area contributed by atoms with Gasteiger partial charge in [0.1, 0.15) is 0 Å². The van der Waals surface area contributed by atoms with Crippen LogP contribution in [0.1, 0.15) is 6.99 Å². The van der Waals surface area contributed by atoms with E-state index >= 15 is 0 Å². The first-order valence-corrected chi connectivity index (χ1v) is 3.46. The number of rotatable bonds is 0. The zero-order chi connectivity index (χ0) is 6.81. The van der Waals surface area contributed by atoms with Crippen LogP contribution in [0.4, 0.5) is 5.69 Å². The topological polar surface area (TPSA) is 12.0 Å². The van der Waals surface area contributed by atoms with E-state index in [4.69, 9.17) is 0 Å². The van der Waals surface area contributed by atoms with Crippen LogP contribution >= 0.6 is 0 Å². The van der Waals surface area contributed by atoms with Crippen LogP contribution in [0, 0.1) is 0 Å². The molecular formula is C9H11N. The number of fused-ring (bicyclic) bond motifs is 1. The summed E-state index contributed by atoms with van der Waals surface area (Å²) in [7, 11) is 0. The predicted molar refractivity (Wildman–Crippen MR) is 45.0 cm³/mol. The lowest BCUT2D eigenvalue weighted by molar-refractivity contribution is 1.22. The molecule has 0 saturated heterocycles. The van der Waals surface area contributed by atoms with Gasteiger partial charge < -0.3 is 5.32 Å². The highest BCUT2D eigenvalue weighted by Gasteiger charge is 1.99. The molecule has 10 heavy (non-hydrogen) atoms. The van der Waals surface area contributed by atoms with Crippen LogP contribution in [-0.2, 0) is 6.42 Å². The van der Waals surface area contributed by atoms with Gasteiger partial charge in [0.25, 0.3) is 0 Å². The maximum Gasteiger partial charge on any atom is 0.0415 e. The van der Waals surface area contributed by atoms with Gasteiger partial charge in [0.15, 0.2) is 0 Å². The van der Waals surface area contributed by atoms with Gasteiger partial charge in [-0.25, -0.2) is 0 Å². The molecule has 1 heterocycles. The molecule has 52 valence electrons. The van der Waals surface area contributed by atoms with Crippen molar-refractivity contribution in [3.63, 3.8) is 0 Å². The Morgan fingerprint density at radius 3 is 3.10 bits per heavy atom. The maximum absolute atomic E-state index is 3.18. The minimum atomic E-state index is 0. The molecule has 0 amide bonds. The van der Waals surface area contributed by atoms with E-state index in [1.54, 1.807) is 0 Å². The zero-order valence-electron chi connectivity index (χ0n) is 5.67. The Labute approximate surface area is 61.9 Å². The van der Waals surface area contributed by atoms with Crippen molar-refractivity contribution >= 4 is 5.69 Å². The average Bonchev–Trinajstić information content (AvgIpc) is 2.05. The Hall–Kier alpha value is -1.24. The molecule has 1 nitrogen and oxygen atoms in total. The summed E-state index contributed by atoms with van der Waals surface area (Å²) in [6.45, 7) is 0. The summed E-state index contributed by atoms with van der Waals surface area (Å²) < 4.78 is 0. The van der Waals surface area contributed by atoms with Gasteiger partial charge in [-0.3, -0.25) is 0 Å². The Balaban J connectivity index is 0.000000605. The largest absolute Gasteiger partial charge is 0.362 e. The van der Waals surface area contributed by atoms with Gasteiger partial charge in [-0.05, 0) is 24.3 Å². The van der Waals surface area contributed by atoms with Crippen molar-refractivity contribution in [2.75, 3.05) is 5.32 Å². The Bertz CT molecular complexity index is 241. The molecule has 0 atom stereocenters. The van der Waals surface area contributed by atoms with E-state index in [9.17, 15) is 0 Å². The quantitative estimate of drug-likeness (QED) is 0.573. The van der Waals surface area contributed by atoms with Gasteiger partial charge in [-0.15, -0.1) is 0 Å². The molecule has 1 heteroatoms. The molecule has 0 fully saturated rings. The number of hydrogen-bond donors (Lipinski definition) is 1. The molecule has 1 aliphatic rings. The third kappa shape index (κ3) is 0.798. The van der Waals surface area contributed by atoms with Crippen LogP contribution in [0.2, 0.25) is 0 Å². The highest BCUT2D eigenvalue weighted by molar-refractivity contribution is 5.55. The monoisotopic (exact) mass is 133 g/mol. The minimum absolute atomic E-state index is 0. The Morgan fingerprint density at radius 1 is 1.30 bits per heavy atom. The molecule has 1 aromatic carbocycles. The van der Waals surface area contributed by atoms with Crippen molar-refractivity contribution in [1.82, 2.24) is 0 Å². The Morgan fingerprint density at radius 2 is 2.20 bits per heavy atom. The maximum atomic E-state index is 3.18. The summed E-state index contributed by atoms with van der Waals surface area (Å²) >= 11 is 0. The number of benzene rings is 1. The van der Waals surface area contributed by atoms with Gasteiger partial charge in [0.05, 0.1) is 0 Å². The highest BCUT2D eigenvalue weighted by Crippen LogP contribution is 2.18. The molecule has 1 N–H and O–H groups in total. The summed E-state index contributed by atoms with van der Waals surface area (Å²) in [6.07, 6.45) is 5.17. The third-order valence-corrected chi connectivity index (χ3v) is 1.71. The number of allylic oxidation sites excluding steroid dienone is 1. The predicted octanol–water partition coefficient (Wildman–Crippen LogP) is 2.41. The van der Waals surface area contributed by atoms with Crippen molar-refractivity contribution in [2.24, 2.45) is 0 Å². The number of anilines is 1. The molecule has 1 aliphatic heterocycles. The van der Waals surface area contributed by atoms with E-state index in [0.29, 0.717) is 0 Å². The molecular weight excluding hydrogens is 122 g/mol. The van der Waals surface area contributed by atoms with Crippen molar-refractivity contribution in [1.29, 1.82) is 0 Å². The molecule has 0 aromatic heterocycles. The molecule has 0 aliphatic carbocycles. The fourth-order valence-corrected chi connectivity index (χ4v) is 1.17.